The monoisotopic (exact) mass is 279 g/mol. The van der Waals surface area contributed by atoms with Crippen LogP contribution in [-0.4, -0.2) is 36.0 Å². The average Bonchev–Trinajstić information content (AvgIpc) is 2.39. The molecular formula is C16H25NO3. The number of pyridine rings is 1. The first kappa shape index (κ1) is 15.3. The summed E-state index contributed by atoms with van der Waals surface area (Å²) in [6.45, 7) is 5.24. The molecule has 2 rings (SSSR count). The zero-order valence-corrected chi connectivity index (χ0v) is 12.6. The quantitative estimate of drug-likeness (QED) is 0.833. The molecule has 2 unspecified atom stereocenters. The predicted octanol–water partition coefficient (Wildman–Crippen LogP) is 2.44. The molecule has 0 aromatic carbocycles. The number of aliphatic hydroxyl groups excluding tert-OH is 1. The standard InChI is InChI=1S/C16H25NO3/c1-11(12(2)10-19-3)6-13-4-5-16(17-9-13)20-15-7-14(18)8-15/h4-5,9,11-12,14-15,18H,6-8,10H2,1-3H3. The van der Waals surface area contributed by atoms with Gasteiger partial charge in [0.25, 0.3) is 0 Å². The summed E-state index contributed by atoms with van der Waals surface area (Å²) >= 11 is 0. The van der Waals surface area contributed by atoms with E-state index in [0.717, 1.165) is 25.9 Å². The largest absolute Gasteiger partial charge is 0.474 e. The summed E-state index contributed by atoms with van der Waals surface area (Å²) in [5.74, 6) is 1.75. The first-order valence-corrected chi connectivity index (χ1v) is 7.37. The van der Waals surface area contributed by atoms with Crippen molar-refractivity contribution in [1.29, 1.82) is 0 Å². The van der Waals surface area contributed by atoms with Gasteiger partial charge < -0.3 is 14.6 Å². The minimum absolute atomic E-state index is 0.129. The Hall–Kier alpha value is -1.13. The fourth-order valence-electron chi connectivity index (χ4n) is 2.41. The Bertz CT molecular complexity index is 401. The van der Waals surface area contributed by atoms with Crippen LogP contribution in [0.1, 0.15) is 32.3 Å². The Kier molecular flexibility index (Phi) is 5.38. The van der Waals surface area contributed by atoms with Crippen LogP contribution < -0.4 is 4.74 Å². The molecule has 1 saturated carbocycles. The van der Waals surface area contributed by atoms with Crippen LogP contribution in [0.4, 0.5) is 0 Å². The third-order valence-electron chi connectivity index (χ3n) is 4.11. The molecule has 1 fully saturated rings. The maximum Gasteiger partial charge on any atom is 0.213 e. The molecule has 20 heavy (non-hydrogen) atoms. The highest BCUT2D eigenvalue weighted by atomic mass is 16.5. The van der Waals surface area contributed by atoms with Gasteiger partial charge in [-0.05, 0) is 23.8 Å². The molecule has 1 aliphatic rings. The molecule has 1 aromatic rings. The van der Waals surface area contributed by atoms with E-state index in [2.05, 4.69) is 24.9 Å². The Morgan fingerprint density at radius 1 is 1.30 bits per heavy atom. The van der Waals surface area contributed by atoms with E-state index in [-0.39, 0.29) is 12.2 Å². The first-order chi connectivity index (χ1) is 9.58. The number of nitrogens with zero attached hydrogens (tertiary/aromatic N) is 1. The van der Waals surface area contributed by atoms with E-state index >= 15 is 0 Å². The van der Waals surface area contributed by atoms with Crippen molar-refractivity contribution < 1.29 is 14.6 Å². The van der Waals surface area contributed by atoms with Gasteiger partial charge >= 0.3 is 0 Å². The van der Waals surface area contributed by atoms with Crippen LogP contribution in [-0.2, 0) is 11.2 Å². The van der Waals surface area contributed by atoms with Gasteiger partial charge in [0, 0.05) is 38.8 Å². The highest BCUT2D eigenvalue weighted by Crippen LogP contribution is 2.25. The van der Waals surface area contributed by atoms with Crippen molar-refractivity contribution in [3.63, 3.8) is 0 Å². The van der Waals surface area contributed by atoms with Gasteiger partial charge in [0.1, 0.15) is 6.10 Å². The van der Waals surface area contributed by atoms with Gasteiger partial charge in [0.2, 0.25) is 5.88 Å². The number of hydrogen-bond acceptors (Lipinski definition) is 4. The van der Waals surface area contributed by atoms with E-state index in [1.807, 2.05) is 12.3 Å². The van der Waals surface area contributed by atoms with Crippen molar-refractivity contribution >= 4 is 0 Å². The van der Waals surface area contributed by atoms with Crippen LogP contribution in [0.3, 0.4) is 0 Å². The molecule has 1 N–H and O–H groups in total. The second-order valence-electron chi connectivity index (χ2n) is 5.98. The minimum Gasteiger partial charge on any atom is -0.474 e. The molecule has 0 amide bonds. The number of hydrogen-bond donors (Lipinski definition) is 1. The predicted molar refractivity (Wildman–Crippen MR) is 77.8 cm³/mol. The maximum atomic E-state index is 9.22. The summed E-state index contributed by atoms with van der Waals surface area (Å²) < 4.78 is 10.9. The third kappa shape index (κ3) is 4.18. The lowest BCUT2D eigenvalue weighted by atomic mass is 9.91. The van der Waals surface area contributed by atoms with Crippen molar-refractivity contribution in [2.24, 2.45) is 11.8 Å². The van der Waals surface area contributed by atoms with Crippen LogP contribution in [0.25, 0.3) is 0 Å². The lowest BCUT2D eigenvalue weighted by molar-refractivity contribution is -0.0128. The van der Waals surface area contributed by atoms with Crippen LogP contribution in [0, 0.1) is 11.8 Å². The fraction of sp³-hybridized carbons (Fsp3) is 0.688. The zero-order valence-electron chi connectivity index (χ0n) is 12.6. The minimum atomic E-state index is -0.192. The van der Waals surface area contributed by atoms with Crippen LogP contribution >= 0.6 is 0 Å². The molecule has 0 saturated heterocycles. The number of aromatic nitrogens is 1. The molecule has 1 heterocycles. The number of rotatable bonds is 7. The van der Waals surface area contributed by atoms with E-state index in [0.29, 0.717) is 17.7 Å². The zero-order chi connectivity index (χ0) is 14.5. The van der Waals surface area contributed by atoms with E-state index in [4.69, 9.17) is 9.47 Å². The number of methoxy groups -OCH3 is 1. The molecule has 2 atom stereocenters. The molecule has 0 radical (unpaired) electrons. The smallest absolute Gasteiger partial charge is 0.213 e. The van der Waals surface area contributed by atoms with E-state index in [9.17, 15) is 5.11 Å². The molecule has 1 aromatic heterocycles. The van der Waals surface area contributed by atoms with Crippen LogP contribution in [0.5, 0.6) is 5.88 Å². The Labute approximate surface area is 121 Å². The second-order valence-corrected chi connectivity index (χ2v) is 5.98. The van der Waals surface area contributed by atoms with E-state index in [1.165, 1.54) is 5.56 Å². The fourth-order valence-corrected chi connectivity index (χ4v) is 2.41. The lowest BCUT2D eigenvalue weighted by Crippen LogP contribution is -2.37. The van der Waals surface area contributed by atoms with Crippen molar-refractivity contribution in [3.8, 4) is 5.88 Å². The normalized spacial score (nSPS) is 24.8. The summed E-state index contributed by atoms with van der Waals surface area (Å²) in [6, 6.07) is 4.00. The SMILES string of the molecule is COCC(C)C(C)Cc1ccc(OC2CC(O)C2)nc1. The number of ether oxygens (including phenoxy) is 2. The Balaban J connectivity index is 1.81. The van der Waals surface area contributed by atoms with E-state index < -0.39 is 0 Å². The topological polar surface area (TPSA) is 51.6 Å². The molecule has 4 heteroatoms. The maximum absolute atomic E-state index is 9.22. The summed E-state index contributed by atoms with van der Waals surface area (Å²) in [7, 11) is 1.74. The van der Waals surface area contributed by atoms with Crippen LogP contribution in [0.15, 0.2) is 18.3 Å². The summed E-state index contributed by atoms with van der Waals surface area (Å²) in [6.07, 6.45) is 4.26. The molecule has 0 aliphatic heterocycles. The van der Waals surface area contributed by atoms with Gasteiger partial charge in [0.05, 0.1) is 6.10 Å². The second kappa shape index (κ2) is 7.04. The van der Waals surface area contributed by atoms with Gasteiger partial charge in [0.15, 0.2) is 0 Å². The molecule has 1 aliphatic carbocycles. The molecule has 0 bridgehead atoms. The molecular weight excluding hydrogens is 254 g/mol. The van der Waals surface area contributed by atoms with Gasteiger partial charge in [-0.15, -0.1) is 0 Å². The van der Waals surface area contributed by atoms with Gasteiger partial charge in [-0.1, -0.05) is 19.9 Å². The Morgan fingerprint density at radius 2 is 2.05 bits per heavy atom. The van der Waals surface area contributed by atoms with Crippen molar-refractivity contribution in [2.75, 3.05) is 13.7 Å². The van der Waals surface area contributed by atoms with Crippen molar-refractivity contribution in [3.05, 3.63) is 23.9 Å². The van der Waals surface area contributed by atoms with Gasteiger partial charge in [-0.3, -0.25) is 0 Å². The lowest BCUT2D eigenvalue weighted by Gasteiger charge is -2.31. The summed E-state index contributed by atoms with van der Waals surface area (Å²) in [4.78, 5) is 4.35. The molecule has 112 valence electrons. The molecule has 4 nitrogen and oxygen atoms in total. The van der Waals surface area contributed by atoms with Crippen molar-refractivity contribution in [1.82, 2.24) is 4.98 Å². The van der Waals surface area contributed by atoms with E-state index in [1.54, 1.807) is 7.11 Å². The third-order valence-corrected chi connectivity index (χ3v) is 4.11. The van der Waals surface area contributed by atoms with Gasteiger partial charge in [-0.2, -0.15) is 0 Å². The number of aliphatic hydroxyl groups is 1. The summed E-state index contributed by atoms with van der Waals surface area (Å²) in [5, 5.41) is 9.22. The summed E-state index contributed by atoms with van der Waals surface area (Å²) in [5.41, 5.74) is 1.22. The first-order valence-electron chi connectivity index (χ1n) is 7.37. The van der Waals surface area contributed by atoms with Crippen LogP contribution in [0.2, 0.25) is 0 Å². The highest BCUT2D eigenvalue weighted by molar-refractivity contribution is 5.18. The average molecular weight is 279 g/mol. The van der Waals surface area contributed by atoms with Gasteiger partial charge in [-0.25, -0.2) is 4.98 Å². The Morgan fingerprint density at radius 3 is 2.60 bits per heavy atom. The van der Waals surface area contributed by atoms with Crippen molar-refractivity contribution in [2.45, 2.75) is 45.3 Å². The molecule has 0 spiro atoms. The highest BCUT2D eigenvalue weighted by Gasteiger charge is 2.29.